The monoisotopic (exact) mass is 671 g/mol. The lowest BCUT2D eigenvalue weighted by Crippen LogP contribution is -2.56. The third-order valence-corrected chi connectivity index (χ3v) is 9.52. The average Bonchev–Trinajstić information content (AvgIpc) is 3.05. The number of sulfonamides is 1. The molecule has 0 heterocycles. The van der Waals surface area contributed by atoms with E-state index in [0.717, 1.165) is 21.0 Å². The van der Waals surface area contributed by atoms with E-state index in [1.165, 1.54) is 24.1 Å². The summed E-state index contributed by atoms with van der Waals surface area (Å²) < 4.78 is 40.9. The van der Waals surface area contributed by atoms with Gasteiger partial charge >= 0.3 is 0 Å². The fourth-order valence-corrected chi connectivity index (χ4v) is 6.74. The van der Waals surface area contributed by atoms with E-state index >= 15 is 0 Å². The highest BCUT2D eigenvalue weighted by atomic mass is 32.2. The Kier molecular flexibility index (Phi) is 11.5. The molecule has 0 radical (unpaired) electrons. The lowest BCUT2D eigenvalue weighted by atomic mass is 10.0. The smallest absolute Gasteiger partial charge is 0.264 e. The van der Waals surface area contributed by atoms with Crippen molar-refractivity contribution in [3.8, 4) is 11.5 Å². The first-order valence-electron chi connectivity index (χ1n) is 15.7. The number of anilines is 1. The van der Waals surface area contributed by atoms with Gasteiger partial charge in [-0.3, -0.25) is 13.9 Å². The number of hydrogen-bond donors (Lipinski definition) is 1. The van der Waals surface area contributed by atoms with Gasteiger partial charge in [-0.25, -0.2) is 8.42 Å². The first-order valence-corrected chi connectivity index (χ1v) is 17.2. The highest BCUT2D eigenvalue weighted by molar-refractivity contribution is 7.92. The van der Waals surface area contributed by atoms with Gasteiger partial charge in [0.25, 0.3) is 10.0 Å². The summed E-state index contributed by atoms with van der Waals surface area (Å²) in [4.78, 5) is 30.3. The van der Waals surface area contributed by atoms with Crippen LogP contribution < -0.4 is 19.1 Å². The lowest BCUT2D eigenvalue weighted by molar-refractivity contribution is -0.140. The molecule has 0 spiro atoms. The van der Waals surface area contributed by atoms with Crippen LogP contribution in [0.4, 0.5) is 5.69 Å². The van der Waals surface area contributed by atoms with Crippen LogP contribution in [0.1, 0.15) is 43.0 Å². The molecule has 0 saturated heterocycles. The van der Waals surface area contributed by atoms with Gasteiger partial charge < -0.3 is 19.7 Å². The second-order valence-electron chi connectivity index (χ2n) is 12.8. The molecule has 4 aromatic rings. The third-order valence-electron chi connectivity index (χ3n) is 7.75. The van der Waals surface area contributed by atoms with Crippen LogP contribution >= 0.6 is 0 Å². The number of carbonyl (C=O) groups excluding carboxylic acids is 2. The van der Waals surface area contributed by atoms with Gasteiger partial charge in [0.1, 0.15) is 24.1 Å². The molecule has 0 unspecified atom stereocenters. The summed E-state index contributed by atoms with van der Waals surface area (Å²) in [7, 11) is -1.27. The van der Waals surface area contributed by atoms with E-state index < -0.39 is 34.1 Å². The summed E-state index contributed by atoms with van der Waals surface area (Å²) in [6, 6.07) is 27.3. The predicted molar refractivity (Wildman–Crippen MR) is 189 cm³/mol. The van der Waals surface area contributed by atoms with Crippen molar-refractivity contribution in [3.63, 3.8) is 0 Å². The molecule has 9 nitrogen and oxygen atoms in total. The standard InChI is InChI=1S/C38H45N3O6S/c1-27-16-19-32(20-17-27)48(44,45)41(33-22-28(2)18-21-35(33)47-7)26-36(42)40(25-30-14-11-15-31(23-30)46-6)34(37(43)39-38(3,4)5)24-29-12-9-8-10-13-29/h8-23,34H,24-26H2,1-7H3,(H,39,43)/t34-/m1/s1. The molecule has 10 heteroatoms. The van der Waals surface area contributed by atoms with Crippen molar-refractivity contribution in [2.45, 2.75) is 64.1 Å². The van der Waals surface area contributed by atoms with Gasteiger partial charge in [-0.05, 0) is 87.7 Å². The van der Waals surface area contributed by atoms with Crippen molar-refractivity contribution in [1.29, 1.82) is 0 Å². The van der Waals surface area contributed by atoms with Gasteiger partial charge in [0.05, 0.1) is 24.8 Å². The molecule has 254 valence electrons. The number of amides is 2. The zero-order chi connectivity index (χ0) is 35.1. The van der Waals surface area contributed by atoms with Crippen molar-refractivity contribution < 1.29 is 27.5 Å². The van der Waals surface area contributed by atoms with E-state index in [1.807, 2.05) is 83.1 Å². The molecule has 0 aliphatic carbocycles. The topological polar surface area (TPSA) is 105 Å². The summed E-state index contributed by atoms with van der Waals surface area (Å²) in [5.41, 5.74) is 2.85. The van der Waals surface area contributed by atoms with Crippen molar-refractivity contribution >= 4 is 27.5 Å². The van der Waals surface area contributed by atoms with Crippen LogP contribution in [0, 0.1) is 13.8 Å². The van der Waals surface area contributed by atoms with E-state index in [1.54, 1.807) is 43.5 Å². The lowest BCUT2D eigenvalue weighted by Gasteiger charge is -2.35. The fraction of sp³-hybridized carbons (Fsp3) is 0.316. The zero-order valence-corrected chi connectivity index (χ0v) is 29.5. The van der Waals surface area contributed by atoms with Gasteiger partial charge in [0, 0.05) is 18.5 Å². The maximum Gasteiger partial charge on any atom is 0.264 e. The highest BCUT2D eigenvalue weighted by Gasteiger charge is 2.36. The van der Waals surface area contributed by atoms with E-state index in [-0.39, 0.29) is 35.2 Å². The molecule has 1 N–H and O–H groups in total. The van der Waals surface area contributed by atoms with Crippen molar-refractivity contribution in [2.24, 2.45) is 0 Å². The first-order chi connectivity index (χ1) is 22.7. The maximum absolute atomic E-state index is 14.8. The molecule has 0 saturated carbocycles. The molecule has 48 heavy (non-hydrogen) atoms. The van der Waals surface area contributed by atoms with E-state index in [2.05, 4.69) is 5.32 Å². The molecule has 0 fully saturated rings. The minimum atomic E-state index is -4.28. The van der Waals surface area contributed by atoms with Gasteiger partial charge in [0.15, 0.2) is 0 Å². The van der Waals surface area contributed by atoms with Gasteiger partial charge in [-0.1, -0.05) is 66.2 Å². The second-order valence-corrected chi connectivity index (χ2v) is 14.7. The number of hydrogen-bond acceptors (Lipinski definition) is 6. The Morgan fingerprint density at radius 3 is 2.06 bits per heavy atom. The second kappa shape index (κ2) is 15.4. The van der Waals surface area contributed by atoms with E-state index in [0.29, 0.717) is 11.3 Å². The van der Waals surface area contributed by atoms with Crippen LogP contribution in [0.5, 0.6) is 11.5 Å². The largest absolute Gasteiger partial charge is 0.497 e. The average molecular weight is 672 g/mol. The molecular formula is C38H45N3O6S. The Balaban J connectivity index is 1.88. The van der Waals surface area contributed by atoms with Crippen LogP contribution in [0.3, 0.4) is 0 Å². The molecule has 0 bridgehead atoms. The number of ether oxygens (including phenoxy) is 2. The van der Waals surface area contributed by atoms with Crippen LogP contribution in [-0.2, 0) is 32.6 Å². The van der Waals surface area contributed by atoms with Crippen LogP contribution in [0.25, 0.3) is 0 Å². The molecule has 2 amide bonds. The third kappa shape index (κ3) is 9.16. The predicted octanol–water partition coefficient (Wildman–Crippen LogP) is 6.07. The minimum absolute atomic E-state index is 0.0223. The van der Waals surface area contributed by atoms with Gasteiger partial charge in [-0.15, -0.1) is 0 Å². The summed E-state index contributed by atoms with van der Waals surface area (Å²) in [5.74, 6) is -0.0489. The van der Waals surface area contributed by atoms with Gasteiger partial charge in [-0.2, -0.15) is 0 Å². The molecular weight excluding hydrogens is 627 g/mol. The Morgan fingerprint density at radius 2 is 1.44 bits per heavy atom. The number of nitrogens with zero attached hydrogens (tertiary/aromatic N) is 2. The summed E-state index contributed by atoms with van der Waals surface area (Å²) >= 11 is 0. The Labute approximate surface area is 284 Å². The summed E-state index contributed by atoms with van der Waals surface area (Å²) in [6.45, 7) is 8.76. The normalized spacial score (nSPS) is 12.1. The molecule has 0 aliphatic rings. The minimum Gasteiger partial charge on any atom is -0.497 e. The van der Waals surface area contributed by atoms with Crippen LogP contribution in [0.2, 0.25) is 0 Å². The molecule has 1 atom stereocenters. The number of aryl methyl sites for hydroxylation is 2. The number of benzene rings is 4. The van der Waals surface area contributed by atoms with Crippen LogP contribution in [-0.4, -0.2) is 57.5 Å². The Morgan fingerprint density at radius 1 is 0.792 bits per heavy atom. The number of methoxy groups -OCH3 is 2. The van der Waals surface area contributed by atoms with Crippen molar-refractivity contribution in [3.05, 3.63) is 119 Å². The Bertz CT molecular complexity index is 1820. The van der Waals surface area contributed by atoms with Gasteiger partial charge in [0.2, 0.25) is 11.8 Å². The molecule has 0 aliphatic heterocycles. The summed E-state index contributed by atoms with van der Waals surface area (Å²) in [6.07, 6.45) is 0.205. The molecule has 0 aromatic heterocycles. The quantitative estimate of drug-likeness (QED) is 0.185. The number of nitrogens with one attached hydrogen (secondary N) is 1. The first kappa shape index (κ1) is 36.0. The van der Waals surface area contributed by atoms with Crippen LogP contribution in [0.15, 0.2) is 102 Å². The van der Waals surface area contributed by atoms with E-state index in [4.69, 9.17) is 9.47 Å². The number of carbonyl (C=O) groups is 2. The Hall–Kier alpha value is -4.83. The fourth-order valence-electron chi connectivity index (χ4n) is 5.32. The summed E-state index contributed by atoms with van der Waals surface area (Å²) in [5, 5.41) is 3.05. The maximum atomic E-state index is 14.8. The highest BCUT2D eigenvalue weighted by Crippen LogP contribution is 2.34. The van der Waals surface area contributed by atoms with Crippen molar-refractivity contribution in [1.82, 2.24) is 10.2 Å². The van der Waals surface area contributed by atoms with Crippen molar-refractivity contribution in [2.75, 3.05) is 25.1 Å². The number of rotatable bonds is 13. The SMILES string of the molecule is COc1cccc(CN(C(=O)CN(c2cc(C)ccc2OC)S(=O)(=O)c2ccc(C)cc2)[C@H](Cc2ccccc2)C(=O)NC(C)(C)C)c1. The molecule has 4 rings (SSSR count). The molecule has 4 aromatic carbocycles. The van der Waals surface area contributed by atoms with E-state index in [9.17, 15) is 18.0 Å². The zero-order valence-electron chi connectivity index (χ0n) is 28.7.